The third-order valence-electron chi connectivity index (χ3n) is 6.41. The Labute approximate surface area is 165 Å². The normalized spacial score (nSPS) is 20.8. The molecule has 7 heteroatoms. The van der Waals surface area contributed by atoms with Crippen molar-refractivity contribution in [3.8, 4) is 0 Å². The molecule has 1 saturated carbocycles. The number of urea groups is 1. The highest BCUT2D eigenvalue weighted by Crippen LogP contribution is 2.52. The maximum absolute atomic E-state index is 13.0. The molecule has 0 unspecified atom stereocenters. The van der Waals surface area contributed by atoms with E-state index >= 15 is 0 Å². The molecule has 28 heavy (non-hydrogen) atoms. The van der Waals surface area contributed by atoms with Crippen LogP contribution in [0.2, 0.25) is 0 Å². The van der Waals surface area contributed by atoms with Gasteiger partial charge in [0.1, 0.15) is 0 Å². The molecule has 7 nitrogen and oxygen atoms in total. The molecule has 0 atom stereocenters. The average Bonchev–Trinajstić information content (AvgIpc) is 3.29. The number of carbonyl (C=O) groups is 1. The van der Waals surface area contributed by atoms with Gasteiger partial charge >= 0.3 is 6.03 Å². The summed E-state index contributed by atoms with van der Waals surface area (Å²) in [6.45, 7) is 6.09. The van der Waals surface area contributed by atoms with Crippen molar-refractivity contribution >= 4 is 17.5 Å². The standard InChI is InChI=1S/C21H27N5O2/c27-20(26-16-21(7-3-8-21)17-4-1-2-5-18(17)26)22-19-6-9-25(23-19)11-10-24-12-14-28-15-13-24/h1-2,4-6,9H,3,7-8,10-16H2,(H,22,23,27). The van der Waals surface area contributed by atoms with Crippen LogP contribution in [0.1, 0.15) is 24.8 Å². The summed E-state index contributed by atoms with van der Waals surface area (Å²) in [7, 11) is 0. The van der Waals surface area contributed by atoms with Gasteiger partial charge in [0.05, 0.1) is 19.8 Å². The fourth-order valence-corrected chi connectivity index (χ4v) is 4.64. The molecule has 2 amide bonds. The van der Waals surface area contributed by atoms with Crippen LogP contribution in [-0.4, -0.2) is 60.1 Å². The highest BCUT2D eigenvalue weighted by Gasteiger charge is 2.48. The first kappa shape index (κ1) is 17.7. The zero-order valence-corrected chi connectivity index (χ0v) is 16.1. The van der Waals surface area contributed by atoms with Crippen LogP contribution < -0.4 is 10.2 Å². The summed E-state index contributed by atoms with van der Waals surface area (Å²) in [4.78, 5) is 17.2. The number of benzene rings is 1. The van der Waals surface area contributed by atoms with Crippen molar-refractivity contribution in [3.63, 3.8) is 0 Å². The van der Waals surface area contributed by atoms with E-state index in [9.17, 15) is 4.79 Å². The number of anilines is 2. The minimum Gasteiger partial charge on any atom is -0.379 e. The summed E-state index contributed by atoms with van der Waals surface area (Å²) in [6, 6.07) is 10.1. The Bertz CT molecular complexity index is 854. The fraction of sp³-hybridized carbons (Fsp3) is 0.524. The first-order chi connectivity index (χ1) is 13.7. The second kappa shape index (κ2) is 7.22. The van der Waals surface area contributed by atoms with Crippen molar-refractivity contribution in [2.24, 2.45) is 0 Å². The number of ether oxygens (including phenoxy) is 1. The van der Waals surface area contributed by atoms with Crippen molar-refractivity contribution < 1.29 is 9.53 Å². The number of aromatic nitrogens is 2. The lowest BCUT2D eigenvalue weighted by molar-refractivity contribution is 0.0360. The molecule has 148 valence electrons. The summed E-state index contributed by atoms with van der Waals surface area (Å²) in [5, 5.41) is 7.52. The van der Waals surface area contributed by atoms with Gasteiger partial charge in [-0.1, -0.05) is 24.6 Å². The van der Waals surface area contributed by atoms with Crippen LogP contribution in [0, 0.1) is 0 Å². The van der Waals surface area contributed by atoms with Crippen LogP contribution in [0.15, 0.2) is 36.5 Å². The summed E-state index contributed by atoms with van der Waals surface area (Å²) in [5.41, 5.74) is 2.55. The van der Waals surface area contributed by atoms with Gasteiger partial charge in [-0.05, 0) is 24.5 Å². The predicted octanol–water partition coefficient (Wildman–Crippen LogP) is 2.69. The highest BCUT2D eigenvalue weighted by molar-refractivity contribution is 6.03. The minimum atomic E-state index is -0.0883. The van der Waals surface area contributed by atoms with Crippen LogP contribution in [0.5, 0.6) is 0 Å². The minimum absolute atomic E-state index is 0.0883. The Morgan fingerprint density at radius 2 is 1.96 bits per heavy atom. The maximum atomic E-state index is 13.0. The van der Waals surface area contributed by atoms with Crippen LogP contribution in [0.4, 0.5) is 16.3 Å². The van der Waals surface area contributed by atoms with Gasteiger partial charge in [-0.3, -0.25) is 19.8 Å². The molecule has 1 aromatic carbocycles. The van der Waals surface area contributed by atoms with Crippen LogP contribution >= 0.6 is 0 Å². The lowest BCUT2D eigenvalue weighted by atomic mass is 9.66. The fourth-order valence-electron chi connectivity index (χ4n) is 4.64. The summed E-state index contributed by atoms with van der Waals surface area (Å²) in [6.07, 6.45) is 5.52. The van der Waals surface area contributed by atoms with E-state index in [0.717, 1.165) is 51.6 Å². The Balaban J connectivity index is 1.22. The molecule has 1 aromatic heterocycles. The second-order valence-corrected chi connectivity index (χ2v) is 8.09. The number of morpholine rings is 1. The van der Waals surface area contributed by atoms with Crippen LogP contribution in [0.25, 0.3) is 0 Å². The molecule has 2 fully saturated rings. The quantitative estimate of drug-likeness (QED) is 0.885. The Morgan fingerprint density at radius 3 is 2.75 bits per heavy atom. The molecular formula is C21H27N5O2. The smallest absolute Gasteiger partial charge is 0.327 e. The first-order valence-corrected chi connectivity index (χ1v) is 10.3. The van der Waals surface area contributed by atoms with Gasteiger partial charge in [0.25, 0.3) is 0 Å². The molecule has 1 spiro atoms. The number of nitrogens with one attached hydrogen (secondary N) is 1. The Hall–Kier alpha value is -2.38. The molecule has 1 saturated heterocycles. The van der Waals surface area contributed by atoms with E-state index in [1.165, 1.54) is 24.8 Å². The zero-order chi connectivity index (χ0) is 19.0. The topological polar surface area (TPSA) is 62.6 Å². The number of para-hydroxylation sites is 1. The van der Waals surface area contributed by atoms with Crippen molar-refractivity contribution in [3.05, 3.63) is 42.1 Å². The maximum Gasteiger partial charge on any atom is 0.327 e. The van der Waals surface area contributed by atoms with Crippen LogP contribution in [0.3, 0.4) is 0 Å². The largest absolute Gasteiger partial charge is 0.379 e. The van der Waals surface area contributed by atoms with Gasteiger partial charge in [0.15, 0.2) is 5.82 Å². The van der Waals surface area contributed by atoms with E-state index in [-0.39, 0.29) is 11.4 Å². The van der Waals surface area contributed by atoms with Crippen molar-refractivity contribution in [1.82, 2.24) is 14.7 Å². The molecule has 2 aliphatic heterocycles. The lowest BCUT2D eigenvalue weighted by Gasteiger charge is -2.38. The SMILES string of the molecule is O=C(Nc1ccn(CCN2CCOCC2)n1)N1CC2(CCC2)c2ccccc21. The van der Waals surface area contributed by atoms with Gasteiger partial charge in [0, 0.05) is 49.5 Å². The molecular weight excluding hydrogens is 354 g/mol. The number of amides is 2. The van der Waals surface area contributed by atoms with E-state index in [0.29, 0.717) is 5.82 Å². The average molecular weight is 381 g/mol. The van der Waals surface area contributed by atoms with Crippen molar-refractivity contribution in [1.29, 1.82) is 0 Å². The molecule has 1 aliphatic carbocycles. The summed E-state index contributed by atoms with van der Waals surface area (Å²) >= 11 is 0. The van der Waals surface area contributed by atoms with E-state index in [1.807, 2.05) is 27.9 Å². The van der Waals surface area contributed by atoms with Crippen molar-refractivity contribution in [2.45, 2.75) is 31.2 Å². The molecule has 5 rings (SSSR count). The Kier molecular flexibility index (Phi) is 4.56. The van der Waals surface area contributed by atoms with Gasteiger partial charge < -0.3 is 4.74 Å². The number of nitrogens with zero attached hydrogens (tertiary/aromatic N) is 4. The third kappa shape index (κ3) is 3.18. The molecule has 3 aliphatic rings. The first-order valence-electron chi connectivity index (χ1n) is 10.3. The third-order valence-corrected chi connectivity index (χ3v) is 6.41. The van der Waals surface area contributed by atoms with E-state index in [4.69, 9.17) is 4.74 Å². The van der Waals surface area contributed by atoms with Gasteiger partial charge in [-0.15, -0.1) is 0 Å². The molecule has 0 bridgehead atoms. The molecule has 3 heterocycles. The molecule has 0 radical (unpaired) electrons. The summed E-state index contributed by atoms with van der Waals surface area (Å²) in [5.74, 6) is 0.610. The second-order valence-electron chi connectivity index (χ2n) is 8.09. The number of hydrogen-bond donors (Lipinski definition) is 1. The molecule has 1 N–H and O–H groups in total. The number of hydrogen-bond acceptors (Lipinski definition) is 4. The number of fused-ring (bicyclic) bond motifs is 2. The van der Waals surface area contributed by atoms with Crippen molar-refractivity contribution in [2.75, 3.05) is 49.6 Å². The van der Waals surface area contributed by atoms with Gasteiger partial charge in [0.2, 0.25) is 0 Å². The predicted molar refractivity (Wildman–Crippen MR) is 108 cm³/mol. The molecule has 2 aromatic rings. The Morgan fingerprint density at radius 1 is 1.14 bits per heavy atom. The highest BCUT2D eigenvalue weighted by atomic mass is 16.5. The van der Waals surface area contributed by atoms with E-state index in [2.05, 4.69) is 33.5 Å². The number of carbonyl (C=O) groups excluding carboxylic acids is 1. The number of rotatable bonds is 4. The van der Waals surface area contributed by atoms with Gasteiger partial charge in [-0.25, -0.2) is 4.79 Å². The monoisotopic (exact) mass is 381 g/mol. The van der Waals surface area contributed by atoms with Crippen LogP contribution in [-0.2, 0) is 16.7 Å². The van der Waals surface area contributed by atoms with Gasteiger partial charge in [-0.2, -0.15) is 5.10 Å². The zero-order valence-electron chi connectivity index (χ0n) is 16.1. The summed E-state index contributed by atoms with van der Waals surface area (Å²) < 4.78 is 7.28. The van der Waals surface area contributed by atoms with E-state index in [1.54, 1.807) is 0 Å². The lowest BCUT2D eigenvalue weighted by Crippen LogP contribution is -2.42. The van der Waals surface area contributed by atoms with E-state index < -0.39 is 0 Å².